The van der Waals surface area contributed by atoms with Crippen LogP contribution >= 0.6 is 11.3 Å². The first-order valence-electron chi connectivity index (χ1n) is 11.9. The summed E-state index contributed by atoms with van der Waals surface area (Å²) in [6, 6.07) is 12.4. The third-order valence-corrected chi connectivity index (χ3v) is 7.17. The number of fused-ring (bicyclic) bond motifs is 1. The summed E-state index contributed by atoms with van der Waals surface area (Å²) in [5, 5.41) is 5.57. The molecule has 6 nitrogen and oxygen atoms in total. The van der Waals surface area contributed by atoms with E-state index in [1.54, 1.807) is 11.3 Å². The van der Waals surface area contributed by atoms with Crippen LogP contribution in [0.2, 0.25) is 0 Å². The Morgan fingerprint density at radius 3 is 2.94 bits per heavy atom. The van der Waals surface area contributed by atoms with Crippen LogP contribution in [0, 0.1) is 0 Å². The lowest BCUT2D eigenvalue weighted by Crippen LogP contribution is -2.19. The van der Waals surface area contributed by atoms with Gasteiger partial charge in [-0.25, -0.2) is 4.98 Å². The summed E-state index contributed by atoms with van der Waals surface area (Å²) >= 11 is 1.77. The predicted molar refractivity (Wildman–Crippen MR) is 134 cm³/mol. The lowest BCUT2D eigenvalue weighted by molar-refractivity contribution is 0.186. The number of imidazole rings is 1. The molecule has 3 aromatic heterocycles. The van der Waals surface area contributed by atoms with Crippen LogP contribution in [0.25, 0.3) is 21.7 Å². The number of benzene rings is 1. The zero-order valence-electron chi connectivity index (χ0n) is 19.4. The summed E-state index contributed by atoms with van der Waals surface area (Å²) in [6.07, 6.45) is 6.64. The van der Waals surface area contributed by atoms with Crippen molar-refractivity contribution < 1.29 is 9.47 Å². The van der Waals surface area contributed by atoms with E-state index in [4.69, 9.17) is 14.5 Å². The summed E-state index contributed by atoms with van der Waals surface area (Å²) in [6.45, 7) is 5.56. The Labute approximate surface area is 199 Å². The average molecular weight is 465 g/mol. The van der Waals surface area contributed by atoms with Gasteiger partial charge in [0.05, 0.1) is 34.3 Å². The second kappa shape index (κ2) is 10.0. The number of nitrogens with one attached hydrogen (secondary N) is 1. The largest absolute Gasteiger partial charge is 0.492 e. The summed E-state index contributed by atoms with van der Waals surface area (Å²) in [7, 11) is 2.11. The lowest BCUT2D eigenvalue weighted by atomic mass is 10.1. The maximum atomic E-state index is 6.23. The third-order valence-electron chi connectivity index (χ3n) is 6.31. The molecule has 33 heavy (non-hydrogen) atoms. The van der Waals surface area contributed by atoms with Crippen LogP contribution in [0.5, 0.6) is 11.5 Å². The highest BCUT2D eigenvalue weighted by molar-refractivity contribution is 7.17. The Balaban J connectivity index is 1.26. The standard InChI is InChI=1S/C26H32N4O2S/c1-3-19-18-30(26(28-19)24-17-25-23(29(24)2)10-15-33-25)13-14-31-21-6-4-7-22(16-21)32-20-8-5-11-27-12-9-20/h4,6-7,10,15-18,20,27H,3,5,8-9,11-14H2,1-2H3. The number of ether oxygens (including phenoxy) is 2. The molecule has 1 fully saturated rings. The van der Waals surface area contributed by atoms with Crippen molar-refractivity contribution in [1.82, 2.24) is 19.4 Å². The SMILES string of the molecule is CCc1cn(CCOc2cccc(OC3CCCNCC3)c2)c(-c2cc3sccc3n2C)n1. The van der Waals surface area contributed by atoms with Crippen molar-refractivity contribution in [3.8, 4) is 23.0 Å². The topological polar surface area (TPSA) is 53.2 Å². The molecule has 1 aliphatic rings. The summed E-state index contributed by atoms with van der Waals surface area (Å²) in [5.74, 6) is 2.73. The number of aromatic nitrogens is 3. The number of thiophene rings is 1. The van der Waals surface area contributed by atoms with Gasteiger partial charge in [0.1, 0.15) is 18.1 Å². The first kappa shape index (κ1) is 22.0. The summed E-state index contributed by atoms with van der Waals surface area (Å²) in [5.41, 5.74) is 3.49. The fourth-order valence-corrected chi connectivity index (χ4v) is 5.33. The Hall–Kier alpha value is -2.77. The molecule has 4 heterocycles. The second-order valence-electron chi connectivity index (χ2n) is 8.61. The van der Waals surface area contributed by atoms with Gasteiger partial charge in [-0.3, -0.25) is 0 Å². The van der Waals surface area contributed by atoms with Gasteiger partial charge in [0.15, 0.2) is 5.82 Å². The molecule has 1 aromatic carbocycles. The molecule has 1 unspecified atom stereocenters. The van der Waals surface area contributed by atoms with Gasteiger partial charge in [0.2, 0.25) is 0 Å². The van der Waals surface area contributed by atoms with Gasteiger partial charge in [-0.15, -0.1) is 11.3 Å². The van der Waals surface area contributed by atoms with Crippen LogP contribution < -0.4 is 14.8 Å². The normalized spacial score (nSPS) is 16.7. The minimum absolute atomic E-state index is 0.274. The van der Waals surface area contributed by atoms with Crippen molar-refractivity contribution in [2.45, 2.75) is 45.3 Å². The quantitative estimate of drug-likeness (QED) is 0.386. The van der Waals surface area contributed by atoms with E-state index in [9.17, 15) is 0 Å². The molecule has 0 spiro atoms. The van der Waals surface area contributed by atoms with Crippen molar-refractivity contribution in [2.75, 3.05) is 19.7 Å². The minimum Gasteiger partial charge on any atom is -0.492 e. The number of hydrogen-bond acceptors (Lipinski definition) is 5. The first-order chi connectivity index (χ1) is 16.2. The molecular formula is C26H32N4O2S. The Kier molecular flexibility index (Phi) is 6.69. The van der Waals surface area contributed by atoms with Gasteiger partial charge >= 0.3 is 0 Å². The summed E-state index contributed by atoms with van der Waals surface area (Å²) in [4.78, 5) is 4.91. The Morgan fingerprint density at radius 1 is 1.15 bits per heavy atom. The number of rotatable bonds is 8. The second-order valence-corrected chi connectivity index (χ2v) is 9.55. The van der Waals surface area contributed by atoms with Gasteiger partial charge in [-0.2, -0.15) is 0 Å². The summed E-state index contributed by atoms with van der Waals surface area (Å²) < 4.78 is 18.1. The fourth-order valence-electron chi connectivity index (χ4n) is 4.48. The van der Waals surface area contributed by atoms with Gasteiger partial charge < -0.3 is 23.9 Å². The molecular weight excluding hydrogens is 432 g/mol. The highest BCUT2D eigenvalue weighted by atomic mass is 32.1. The molecule has 0 amide bonds. The highest BCUT2D eigenvalue weighted by Gasteiger charge is 2.16. The number of hydrogen-bond donors (Lipinski definition) is 1. The van der Waals surface area contributed by atoms with Crippen molar-refractivity contribution >= 4 is 21.6 Å². The van der Waals surface area contributed by atoms with Crippen LogP contribution in [0.4, 0.5) is 0 Å². The van der Waals surface area contributed by atoms with E-state index in [0.717, 1.165) is 74.0 Å². The zero-order chi connectivity index (χ0) is 22.6. The van der Waals surface area contributed by atoms with Crippen LogP contribution in [-0.4, -0.2) is 39.9 Å². The van der Waals surface area contributed by atoms with Crippen molar-refractivity contribution in [3.63, 3.8) is 0 Å². The van der Waals surface area contributed by atoms with E-state index in [1.807, 2.05) is 24.3 Å². The molecule has 1 aliphatic heterocycles. The molecule has 0 radical (unpaired) electrons. The van der Waals surface area contributed by atoms with Gasteiger partial charge in [0, 0.05) is 19.3 Å². The van der Waals surface area contributed by atoms with Crippen LogP contribution in [0.3, 0.4) is 0 Å². The van der Waals surface area contributed by atoms with E-state index in [2.05, 4.69) is 52.1 Å². The molecule has 1 saturated heterocycles. The molecule has 0 bridgehead atoms. The van der Waals surface area contributed by atoms with Gasteiger partial charge in [-0.05, 0) is 68.4 Å². The van der Waals surface area contributed by atoms with E-state index in [0.29, 0.717) is 6.61 Å². The van der Waals surface area contributed by atoms with E-state index in [-0.39, 0.29) is 6.10 Å². The smallest absolute Gasteiger partial charge is 0.157 e. The minimum atomic E-state index is 0.274. The predicted octanol–water partition coefficient (Wildman–Crippen LogP) is 5.27. The average Bonchev–Trinajstić information content (AvgIpc) is 3.46. The molecule has 4 aromatic rings. The van der Waals surface area contributed by atoms with E-state index >= 15 is 0 Å². The zero-order valence-corrected chi connectivity index (χ0v) is 20.2. The third kappa shape index (κ3) is 4.94. The molecule has 0 saturated carbocycles. The van der Waals surface area contributed by atoms with Crippen LogP contribution in [0.1, 0.15) is 31.9 Å². The van der Waals surface area contributed by atoms with Crippen molar-refractivity contribution in [2.24, 2.45) is 7.05 Å². The lowest BCUT2D eigenvalue weighted by Gasteiger charge is -2.17. The van der Waals surface area contributed by atoms with Crippen molar-refractivity contribution in [1.29, 1.82) is 0 Å². The van der Waals surface area contributed by atoms with Crippen LogP contribution in [0.15, 0.2) is 48.0 Å². The molecule has 1 atom stereocenters. The van der Waals surface area contributed by atoms with E-state index < -0.39 is 0 Å². The molecule has 174 valence electrons. The number of aryl methyl sites for hydroxylation is 2. The van der Waals surface area contributed by atoms with Gasteiger partial charge in [-0.1, -0.05) is 13.0 Å². The fraction of sp³-hybridized carbons (Fsp3) is 0.423. The van der Waals surface area contributed by atoms with Crippen molar-refractivity contribution in [3.05, 3.63) is 53.7 Å². The molecule has 5 rings (SSSR count). The highest BCUT2D eigenvalue weighted by Crippen LogP contribution is 2.30. The Bertz CT molecular complexity index is 1200. The monoisotopic (exact) mass is 464 g/mol. The molecule has 7 heteroatoms. The van der Waals surface area contributed by atoms with Gasteiger partial charge in [0.25, 0.3) is 0 Å². The molecule has 1 N–H and O–H groups in total. The molecule has 0 aliphatic carbocycles. The number of nitrogens with zero attached hydrogens (tertiary/aromatic N) is 3. The Morgan fingerprint density at radius 2 is 2.06 bits per heavy atom. The maximum Gasteiger partial charge on any atom is 0.157 e. The van der Waals surface area contributed by atoms with E-state index in [1.165, 1.54) is 10.2 Å². The van der Waals surface area contributed by atoms with Crippen LogP contribution in [-0.2, 0) is 20.0 Å². The first-order valence-corrected chi connectivity index (χ1v) is 12.8. The maximum absolute atomic E-state index is 6.23.